The molecule has 0 aliphatic heterocycles. The summed E-state index contributed by atoms with van der Waals surface area (Å²) >= 11 is 7.91. The summed E-state index contributed by atoms with van der Waals surface area (Å²) < 4.78 is 2.02. The summed E-state index contributed by atoms with van der Waals surface area (Å²) in [6.45, 7) is 1.98. The standard InChI is InChI=1S/C18H16ClN5S/c1-13-15(19)5-4-6-16(13)24-17(14-7-10-21-11-8-14)22-23-18(24)25-12-3-2-9-20/h4-8,10-11H,2-3,12H2,1H3. The van der Waals surface area contributed by atoms with Crippen molar-refractivity contribution in [3.05, 3.63) is 53.3 Å². The van der Waals surface area contributed by atoms with Crippen LogP contribution in [0.5, 0.6) is 0 Å². The molecule has 0 radical (unpaired) electrons. The van der Waals surface area contributed by atoms with Gasteiger partial charge < -0.3 is 0 Å². The molecule has 3 aromatic rings. The van der Waals surface area contributed by atoms with Crippen LogP contribution in [0.15, 0.2) is 47.9 Å². The first-order chi connectivity index (χ1) is 12.2. The van der Waals surface area contributed by atoms with Crippen LogP contribution >= 0.6 is 23.4 Å². The lowest BCUT2D eigenvalue weighted by atomic mass is 10.2. The van der Waals surface area contributed by atoms with Gasteiger partial charge in [0.15, 0.2) is 11.0 Å². The second-order valence-corrected chi connectivity index (χ2v) is 6.84. The highest BCUT2D eigenvalue weighted by Gasteiger charge is 2.18. The van der Waals surface area contributed by atoms with Crippen molar-refractivity contribution in [2.45, 2.75) is 24.9 Å². The fourth-order valence-electron chi connectivity index (χ4n) is 2.42. The minimum atomic E-state index is 0.536. The number of benzene rings is 1. The largest absolute Gasteiger partial charge is 0.270 e. The molecule has 0 saturated heterocycles. The Kier molecular flexibility index (Phi) is 5.69. The highest BCUT2D eigenvalue weighted by Crippen LogP contribution is 2.31. The summed E-state index contributed by atoms with van der Waals surface area (Å²) in [4.78, 5) is 4.07. The molecule has 0 atom stereocenters. The normalized spacial score (nSPS) is 10.6. The van der Waals surface area contributed by atoms with Crippen LogP contribution < -0.4 is 0 Å². The van der Waals surface area contributed by atoms with Crippen LogP contribution in [0, 0.1) is 18.3 Å². The molecule has 0 fully saturated rings. The third kappa shape index (κ3) is 3.84. The van der Waals surface area contributed by atoms with Crippen molar-refractivity contribution >= 4 is 23.4 Å². The molecule has 5 nitrogen and oxygen atoms in total. The molecular weight excluding hydrogens is 354 g/mol. The first-order valence-electron chi connectivity index (χ1n) is 7.83. The summed E-state index contributed by atoms with van der Waals surface area (Å²) in [6.07, 6.45) is 4.82. The van der Waals surface area contributed by atoms with Crippen LogP contribution in [-0.4, -0.2) is 25.5 Å². The monoisotopic (exact) mass is 369 g/mol. The maximum absolute atomic E-state index is 8.70. The Hall–Kier alpha value is -2.36. The van der Waals surface area contributed by atoms with Crippen molar-refractivity contribution in [2.24, 2.45) is 0 Å². The molecule has 0 amide bonds. The number of nitrogens with zero attached hydrogens (tertiary/aromatic N) is 5. The van der Waals surface area contributed by atoms with E-state index in [4.69, 9.17) is 16.9 Å². The van der Waals surface area contributed by atoms with Gasteiger partial charge in [-0.05, 0) is 43.2 Å². The highest BCUT2D eigenvalue weighted by molar-refractivity contribution is 7.99. The van der Waals surface area contributed by atoms with E-state index in [0.29, 0.717) is 11.4 Å². The van der Waals surface area contributed by atoms with Gasteiger partial charge in [0.05, 0.1) is 11.8 Å². The van der Waals surface area contributed by atoms with Gasteiger partial charge in [-0.1, -0.05) is 29.4 Å². The Balaban J connectivity index is 2.07. The van der Waals surface area contributed by atoms with E-state index in [1.807, 2.05) is 41.8 Å². The summed E-state index contributed by atoms with van der Waals surface area (Å²) in [5.41, 5.74) is 2.86. The van der Waals surface area contributed by atoms with Crippen LogP contribution in [0.2, 0.25) is 5.02 Å². The van der Waals surface area contributed by atoms with Crippen LogP contribution in [0.1, 0.15) is 18.4 Å². The molecule has 0 aliphatic carbocycles. The topological polar surface area (TPSA) is 67.4 Å². The molecule has 0 N–H and O–H groups in total. The Morgan fingerprint density at radius 2 is 2.00 bits per heavy atom. The van der Waals surface area contributed by atoms with Gasteiger partial charge in [-0.3, -0.25) is 9.55 Å². The molecule has 1 aromatic carbocycles. The molecular formula is C18H16ClN5S. The van der Waals surface area contributed by atoms with E-state index in [-0.39, 0.29) is 0 Å². The van der Waals surface area contributed by atoms with E-state index in [2.05, 4.69) is 21.3 Å². The van der Waals surface area contributed by atoms with Crippen molar-refractivity contribution < 1.29 is 0 Å². The number of halogens is 1. The molecule has 0 bridgehead atoms. The zero-order valence-corrected chi connectivity index (χ0v) is 15.3. The molecule has 126 valence electrons. The second kappa shape index (κ2) is 8.15. The molecule has 2 aromatic heterocycles. The van der Waals surface area contributed by atoms with E-state index in [1.165, 1.54) is 0 Å². The quantitative estimate of drug-likeness (QED) is 0.466. The molecule has 7 heteroatoms. The first kappa shape index (κ1) is 17.5. The smallest absolute Gasteiger partial charge is 0.196 e. The van der Waals surface area contributed by atoms with E-state index >= 15 is 0 Å². The minimum absolute atomic E-state index is 0.536. The number of hydrogen-bond donors (Lipinski definition) is 0. The predicted molar refractivity (Wildman–Crippen MR) is 99.9 cm³/mol. The summed E-state index contributed by atoms with van der Waals surface area (Å²) in [6, 6.07) is 11.8. The zero-order valence-electron chi connectivity index (χ0n) is 13.7. The van der Waals surface area contributed by atoms with E-state index in [1.54, 1.807) is 24.2 Å². The van der Waals surface area contributed by atoms with Gasteiger partial charge in [0, 0.05) is 35.2 Å². The SMILES string of the molecule is Cc1c(Cl)cccc1-n1c(SCCCC#N)nnc1-c1ccncc1. The maximum atomic E-state index is 8.70. The van der Waals surface area contributed by atoms with Gasteiger partial charge in [-0.2, -0.15) is 5.26 Å². The van der Waals surface area contributed by atoms with Gasteiger partial charge in [0.25, 0.3) is 0 Å². The number of thioether (sulfide) groups is 1. The lowest BCUT2D eigenvalue weighted by molar-refractivity contribution is 0.875. The van der Waals surface area contributed by atoms with E-state index in [0.717, 1.165) is 40.0 Å². The van der Waals surface area contributed by atoms with Crippen molar-refractivity contribution in [1.82, 2.24) is 19.7 Å². The number of nitriles is 1. The summed E-state index contributed by atoms with van der Waals surface area (Å²) in [5.74, 6) is 1.55. The van der Waals surface area contributed by atoms with Crippen molar-refractivity contribution in [1.29, 1.82) is 5.26 Å². The number of hydrogen-bond acceptors (Lipinski definition) is 5. The average molecular weight is 370 g/mol. The fourth-order valence-corrected chi connectivity index (χ4v) is 3.47. The lowest BCUT2D eigenvalue weighted by Gasteiger charge is -2.13. The average Bonchev–Trinajstić information content (AvgIpc) is 3.05. The number of pyridine rings is 1. The third-order valence-corrected chi connectivity index (χ3v) is 5.14. The molecule has 2 heterocycles. The van der Waals surface area contributed by atoms with Crippen molar-refractivity contribution in [3.8, 4) is 23.1 Å². The Morgan fingerprint density at radius 1 is 1.20 bits per heavy atom. The van der Waals surface area contributed by atoms with Gasteiger partial charge in [-0.25, -0.2) is 0 Å². The third-order valence-electron chi connectivity index (χ3n) is 3.72. The summed E-state index contributed by atoms with van der Waals surface area (Å²) in [5, 5.41) is 18.9. The summed E-state index contributed by atoms with van der Waals surface area (Å²) in [7, 11) is 0. The molecule has 0 spiro atoms. The highest BCUT2D eigenvalue weighted by atomic mass is 35.5. The van der Waals surface area contributed by atoms with Gasteiger partial charge >= 0.3 is 0 Å². The van der Waals surface area contributed by atoms with Crippen LogP contribution in [0.4, 0.5) is 0 Å². The van der Waals surface area contributed by atoms with Gasteiger partial charge in [0.1, 0.15) is 0 Å². The van der Waals surface area contributed by atoms with Crippen molar-refractivity contribution in [2.75, 3.05) is 5.75 Å². The Bertz CT molecular complexity index is 902. The number of unbranched alkanes of at least 4 members (excludes halogenated alkanes) is 1. The molecule has 0 unspecified atom stereocenters. The minimum Gasteiger partial charge on any atom is -0.270 e. The molecule has 25 heavy (non-hydrogen) atoms. The zero-order chi connectivity index (χ0) is 17.6. The second-order valence-electron chi connectivity index (χ2n) is 5.37. The number of aromatic nitrogens is 4. The first-order valence-corrected chi connectivity index (χ1v) is 9.19. The predicted octanol–water partition coefficient (Wildman–Crippen LogP) is 4.69. The fraction of sp³-hybridized carbons (Fsp3) is 0.222. The molecule has 3 rings (SSSR count). The Morgan fingerprint density at radius 3 is 2.76 bits per heavy atom. The molecule has 0 saturated carbocycles. The van der Waals surface area contributed by atoms with E-state index in [9.17, 15) is 0 Å². The Labute approximate surface area is 155 Å². The van der Waals surface area contributed by atoms with Gasteiger partial charge in [0.2, 0.25) is 0 Å². The molecule has 0 aliphatic rings. The number of rotatable bonds is 6. The van der Waals surface area contributed by atoms with Crippen molar-refractivity contribution in [3.63, 3.8) is 0 Å². The van der Waals surface area contributed by atoms with E-state index < -0.39 is 0 Å². The maximum Gasteiger partial charge on any atom is 0.196 e. The van der Waals surface area contributed by atoms with Crippen LogP contribution in [-0.2, 0) is 0 Å². The van der Waals surface area contributed by atoms with Crippen LogP contribution in [0.25, 0.3) is 17.1 Å². The lowest BCUT2D eigenvalue weighted by Crippen LogP contribution is -2.02. The van der Waals surface area contributed by atoms with Gasteiger partial charge in [-0.15, -0.1) is 10.2 Å². The van der Waals surface area contributed by atoms with Crippen LogP contribution in [0.3, 0.4) is 0 Å².